The molecule has 3 N–H and O–H groups in total. The molecular weight excluding hydrogens is 346 g/mol. The molecule has 0 fully saturated rings. The van der Waals surface area contributed by atoms with Gasteiger partial charge in [0.15, 0.2) is 5.13 Å². The third kappa shape index (κ3) is 4.33. The lowest BCUT2D eigenvalue weighted by molar-refractivity contribution is -0.118. The van der Waals surface area contributed by atoms with E-state index in [9.17, 15) is 4.79 Å². The van der Waals surface area contributed by atoms with E-state index < -0.39 is 0 Å². The summed E-state index contributed by atoms with van der Waals surface area (Å²) in [4.78, 5) is 16.5. The molecule has 0 saturated heterocycles. The van der Waals surface area contributed by atoms with Crippen LogP contribution in [0.3, 0.4) is 0 Å². The molecule has 7 heteroatoms. The number of anilines is 1. The number of hydrogen-bond acceptors (Lipinski definition) is 5. The summed E-state index contributed by atoms with van der Waals surface area (Å²) >= 11 is 1.43. The number of carbonyl (C=O) groups is 1. The third-order valence-electron chi connectivity index (χ3n) is 4.15. The topological polar surface area (TPSA) is 77.2 Å². The van der Waals surface area contributed by atoms with Crippen molar-refractivity contribution in [3.05, 3.63) is 34.7 Å². The Morgan fingerprint density at radius 3 is 2.96 bits per heavy atom. The van der Waals surface area contributed by atoms with Crippen LogP contribution in [0.1, 0.15) is 24.0 Å². The van der Waals surface area contributed by atoms with Crippen LogP contribution in [0.15, 0.2) is 23.6 Å². The Balaban J connectivity index is 0.00000208. The molecule has 0 aliphatic heterocycles. The van der Waals surface area contributed by atoms with Gasteiger partial charge < -0.3 is 15.8 Å². The fourth-order valence-corrected chi connectivity index (χ4v) is 3.57. The van der Waals surface area contributed by atoms with Crippen LogP contribution >= 0.6 is 23.7 Å². The molecule has 0 spiro atoms. The van der Waals surface area contributed by atoms with Gasteiger partial charge in [-0.2, -0.15) is 0 Å². The van der Waals surface area contributed by atoms with Crippen LogP contribution in [0, 0.1) is 0 Å². The zero-order valence-corrected chi connectivity index (χ0v) is 15.2. The number of nitrogens with one attached hydrogen (secondary N) is 1. The Hall–Kier alpha value is -1.47. The molecule has 1 aromatic carbocycles. The summed E-state index contributed by atoms with van der Waals surface area (Å²) in [5.74, 6) is -0.128. The van der Waals surface area contributed by atoms with Gasteiger partial charge in [0.1, 0.15) is 0 Å². The van der Waals surface area contributed by atoms with Gasteiger partial charge in [-0.3, -0.25) is 4.79 Å². The summed E-state index contributed by atoms with van der Waals surface area (Å²) in [6.07, 6.45) is 3.54. The van der Waals surface area contributed by atoms with Crippen molar-refractivity contribution in [2.24, 2.45) is 5.73 Å². The highest BCUT2D eigenvalue weighted by atomic mass is 35.5. The number of nitrogens with two attached hydrogens (primary N) is 1. The number of methoxy groups -OCH3 is 1. The average molecular weight is 368 g/mol. The number of ether oxygens (including phenoxy) is 1. The third-order valence-corrected chi connectivity index (χ3v) is 4.91. The number of aryl methyl sites for hydroxylation is 2. The van der Waals surface area contributed by atoms with Crippen molar-refractivity contribution in [3.8, 4) is 11.3 Å². The van der Waals surface area contributed by atoms with Crippen molar-refractivity contribution in [1.29, 1.82) is 0 Å². The van der Waals surface area contributed by atoms with E-state index in [0.29, 0.717) is 11.7 Å². The number of halogens is 1. The van der Waals surface area contributed by atoms with E-state index in [1.807, 2.05) is 5.38 Å². The summed E-state index contributed by atoms with van der Waals surface area (Å²) in [6, 6.07) is 6.53. The molecule has 1 aromatic heterocycles. The first-order chi connectivity index (χ1) is 11.2. The normalized spacial score (nSPS) is 13.9. The second kappa shape index (κ2) is 8.58. The van der Waals surface area contributed by atoms with E-state index in [0.717, 1.165) is 17.7 Å². The number of amides is 1. The largest absolute Gasteiger partial charge is 0.380 e. The summed E-state index contributed by atoms with van der Waals surface area (Å²) in [5, 5.41) is 5.40. The molecule has 0 bridgehead atoms. The van der Waals surface area contributed by atoms with Gasteiger partial charge in [-0.25, -0.2) is 4.98 Å². The maximum absolute atomic E-state index is 12.0. The van der Waals surface area contributed by atoms with Gasteiger partial charge in [0.05, 0.1) is 18.2 Å². The Bertz CT molecular complexity index is 701. The molecule has 130 valence electrons. The number of fused-ring (bicyclic) bond motifs is 1. The first-order valence-corrected chi connectivity index (χ1v) is 8.68. The van der Waals surface area contributed by atoms with Gasteiger partial charge in [0.2, 0.25) is 5.91 Å². The lowest BCUT2D eigenvalue weighted by Crippen LogP contribution is -2.28. The van der Waals surface area contributed by atoms with Crippen LogP contribution in [-0.4, -0.2) is 30.6 Å². The monoisotopic (exact) mass is 367 g/mol. The first-order valence-electron chi connectivity index (χ1n) is 7.80. The molecule has 5 nitrogen and oxygen atoms in total. The SMILES string of the molecule is COC(CN)CC(=O)Nc1nc(-c2ccc3c(c2)CCC3)cs1.Cl. The van der Waals surface area contributed by atoms with Crippen LogP contribution in [0.2, 0.25) is 0 Å². The molecule has 1 atom stereocenters. The summed E-state index contributed by atoms with van der Waals surface area (Å²) in [5.41, 5.74) is 10.4. The average Bonchev–Trinajstić information content (AvgIpc) is 3.20. The molecule has 3 rings (SSSR count). The molecule has 0 saturated carbocycles. The highest BCUT2D eigenvalue weighted by Gasteiger charge is 2.15. The molecule has 0 radical (unpaired) electrons. The molecule has 1 unspecified atom stereocenters. The van der Waals surface area contributed by atoms with Gasteiger partial charge in [-0.1, -0.05) is 12.1 Å². The standard InChI is InChI=1S/C17H21N3O2S.ClH/c1-22-14(9-18)8-16(21)20-17-19-15(10-23-17)13-6-5-11-3-2-4-12(11)7-13;/h5-7,10,14H,2-4,8-9,18H2,1H3,(H,19,20,21);1H. The summed E-state index contributed by atoms with van der Waals surface area (Å²) < 4.78 is 5.12. The fourth-order valence-electron chi connectivity index (χ4n) is 2.83. The van der Waals surface area contributed by atoms with Crippen molar-refractivity contribution in [2.75, 3.05) is 19.0 Å². The Morgan fingerprint density at radius 1 is 1.42 bits per heavy atom. The molecule has 2 aromatic rings. The van der Waals surface area contributed by atoms with Gasteiger partial charge >= 0.3 is 0 Å². The Kier molecular flexibility index (Phi) is 6.74. The van der Waals surface area contributed by atoms with Gasteiger partial charge in [-0.05, 0) is 36.5 Å². The second-order valence-electron chi connectivity index (χ2n) is 5.72. The number of nitrogens with zero attached hydrogens (tertiary/aromatic N) is 1. The maximum Gasteiger partial charge on any atom is 0.228 e. The van der Waals surface area contributed by atoms with Crippen LogP contribution in [0.4, 0.5) is 5.13 Å². The fraction of sp³-hybridized carbons (Fsp3) is 0.412. The predicted molar refractivity (Wildman–Crippen MR) is 99.9 cm³/mol. The molecule has 1 heterocycles. The van der Waals surface area contributed by atoms with Crippen molar-refractivity contribution < 1.29 is 9.53 Å². The first kappa shape index (κ1) is 18.9. The molecule has 24 heavy (non-hydrogen) atoms. The quantitative estimate of drug-likeness (QED) is 0.822. The van der Waals surface area contributed by atoms with E-state index in [2.05, 4.69) is 28.5 Å². The minimum Gasteiger partial charge on any atom is -0.380 e. The zero-order valence-electron chi connectivity index (χ0n) is 13.6. The minimum absolute atomic E-state index is 0. The number of carbonyl (C=O) groups excluding carboxylic acids is 1. The molecule has 1 amide bonds. The highest BCUT2D eigenvalue weighted by Crippen LogP contribution is 2.30. The van der Waals surface area contributed by atoms with E-state index in [1.165, 1.54) is 35.3 Å². The van der Waals surface area contributed by atoms with Crippen LogP contribution in [0.25, 0.3) is 11.3 Å². The van der Waals surface area contributed by atoms with Gasteiger partial charge in [-0.15, -0.1) is 23.7 Å². The molecule has 1 aliphatic carbocycles. The number of benzene rings is 1. The van der Waals surface area contributed by atoms with Gasteiger partial charge in [0, 0.05) is 24.6 Å². The van der Waals surface area contributed by atoms with Crippen LogP contribution in [-0.2, 0) is 22.4 Å². The van der Waals surface area contributed by atoms with Crippen molar-refractivity contribution >= 4 is 34.8 Å². The predicted octanol–water partition coefficient (Wildman–Crippen LogP) is 3.02. The number of hydrogen-bond donors (Lipinski definition) is 2. The number of rotatable bonds is 6. The maximum atomic E-state index is 12.0. The van der Waals surface area contributed by atoms with E-state index in [1.54, 1.807) is 7.11 Å². The van der Waals surface area contributed by atoms with E-state index in [4.69, 9.17) is 10.5 Å². The molecule has 1 aliphatic rings. The minimum atomic E-state index is -0.258. The second-order valence-corrected chi connectivity index (χ2v) is 6.58. The summed E-state index contributed by atoms with van der Waals surface area (Å²) in [6.45, 7) is 0.322. The van der Waals surface area contributed by atoms with E-state index in [-0.39, 0.29) is 30.8 Å². The lowest BCUT2D eigenvalue weighted by Gasteiger charge is -2.11. The zero-order chi connectivity index (χ0) is 16.2. The number of thiazole rings is 1. The Labute approximate surface area is 152 Å². The van der Waals surface area contributed by atoms with Crippen molar-refractivity contribution in [1.82, 2.24) is 4.98 Å². The smallest absolute Gasteiger partial charge is 0.228 e. The van der Waals surface area contributed by atoms with Crippen molar-refractivity contribution in [2.45, 2.75) is 31.8 Å². The number of aromatic nitrogens is 1. The van der Waals surface area contributed by atoms with Gasteiger partial charge in [0.25, 0.3) is 0 Å². The summed E-state index contributed by atoms with van der Waals surface area (Å²) in [7, 11) is 1.56. The molecular formula is C17H22ClN3O2S. The highest BCUT2D eigenvalue weighted by molar-refractivity contribution is 7.14. The van der Waals surface area contributed by atoms with Crippen molar-refractivity contribution in [3.63, 3.8) is 0 Å². The van der Waals surface area contributed by atoms with Crippen LogP contribution < -0.4 is 11.1 Å². The lowest BCUT2D eigenvalue weighted by atomic mass is 10.1. The van der Waals surface area contributed by atoms with E-state index >= 15 is 0 Å². The Morgan fingerprint density at radius 2 is 2.21 bits per heavy atom. The van der Waals surface area contributed by atoms with Crippen LogP contribution in [0.5, 0.6) is 0 Å².